The zero-order valence-electron chi connectivity index (χ0n) is 15.3. The first-order valence-corrected chi connectivity index (χ1v) is 8.90. The molecule has 136 valence electrons. The molecular weight excluding hydrogens is 411 g/mol. The van der Waals surface area contributed by atoms with Gasteiger partial charge in [-0.05, 0) is 31.4 Å². The van der Waals surface area contributed by atoms with Gasteiger partial charge in [0.05, 0.1) is 0 Å². The van der Waals surface area contributed by atoms with Crippen LogP contribution in [0.4, 0.5) is 0 Å². The Hall–Kier alpha value is -0.820. The molecule has 0 bridgehead atoms. The van der Waals surface area contributed by atoms with Crippen molar-refractivity contribution in [2.45, 2.75) is 44.6 Å². The van der Waals surface area contributed by atoms with E-state index in [2.05, 4.69) is 64.8 Å². The summed E-state index contributed by atoms with van der Waals surface area (Å²) in [6.45, 7) is 5.14. The summed E-state index contributed by atoms with van der Waals surface area (Å²) >= 11 is 0. The molecule has 2 N–H and O–H groups in total. The topological polar surface area (TPSA) is 39.7 Å². The number of hydrogen-bond donors (Lipinski definition) is 2. The van der Waals surface area contributed by atoms with Gasteiger partial charge in [-0.3, -0.25) is 4.99 Å². The van der Waals surface area contributed by atoms with Crippen LogP contribution in [0.5, 0.6) is 0 Å². The van der Waals surface area contributed by atoms with Gasteiger partial charge in [0.25, 0.3) is 0 Å². The number of hydrogen-bond acceptors (Lipinski definition) is 2. The van der Waals surface area contributed by atoms with E-state index in [4.69, 9.17) is 0 Å². The lowest BCUT2D eigenvalue weighted by atomic mass is 10.0. The molecule has 1 aliphatic carbocycles. The van der Waals surface area contributed by atoms with Crippen LogP contribution in [0.3, 0.4) is 0 Å². The van der Waals surface area contributed by atoms with Crippen molar-refractivity contribution in [2.75, 3.05) is 33.7 Å². The zero-order chi connectivity index (χ0) is 16.5. The van der Waals surface area contributed by atoms with Crippen molar-refractivity contribution in [3.63, 3.8) is 0 Å². The van der Waals surface area contributed by atoms with Gasteiger partial charge in [0, 0.05) is 32.7 Å². The van der Waals surface area contributed by atoms with Crippen LogP contribution in [0.15, 0.2) is 35.3 Å². The number of likely N-dealkylation sites (N-methyl/N-ethyl adjacent to an activating group) is 1. The average molecular weight is 444 g/mol. The number of benzene rings is 1. The molecule has 1 unspecified atom stereocenters. The largest absolute Gasteiger partial charge is 0.356 e. The Kier molecular flexibility index (Phi) is 10.3. The van der Waals surface area contributed by atoms with Crippen LogP contribution < -0.4 is 10.6 Å². The van der Waals surface area contributed by atoms with E-state index in [1.165, 1.54) is 31.2 Å². The van der Waals surface area contributed by atoms with Gasteiger partial charge in [0.1, 0.15) is 0 Å². The molecule has 0 aliphatic heterocycles. The van der Waals surface area contributed by atoms with Crippen molar-refractivity contribution in [3.05, 3.63) is 35.9 Å². The Morgan fingerprint density at radius 3 is 2.50 bits per heavy atom. The van der Waals surface area contributed by atoms with E-state index in [1.807, 2.05) is 7.05 Å². The first kappa shape index (κ1) is 21.2. The first-order valence-electron chi connectivity index (χ1n) is 8.90. The molecule has 24 heavy (non-hydrogen) atoms. The molecule has 0 radical (unpaired) electrons. The van der Waals surface area contributed by atoms with Crippen LogP contribution in [0.25, 0.3) is 0 Å². The highest BCUT2D eigenvalue weighted by Crippen LogP contribution is 2.21. The molecule has 2 rings (SSSR count). The number of guanidine groups is 1. The molecule has 1 aromatic rings. The van der Waals surface area contributed by atoms with Gasteiger partial charge in [0.15, 0.2) is 5.96 Å². The highest BCUT2D eigenvalue weighted by Gasteiger charge is 2.18. The molecule has 0 spiro atoms. The standard InChI is InChI=1S/C19H32N4.HI/c1-16(17-9-5-4-6-10-17)15-22-19(20-2)21-13-14-23(3)18-11-7-8-12-18;/h4-6,9-10,16,18H,7-8,11-15H2,1-3H3,(H2,20,21,22);1H. The Bertz CT molecular complexity index is 472. The minimum absolute atomic E-state index is 0. The third-order valence-electron chi connectivity index (χ3n) is 4.87. The maximum atomic E-state index is 4.32. The lowest BCUT2D eigenvalue weighted by Crippen LogP contribution is -2.43. The molecule has 0 heterocycles. The van der Waals surface area contributed by atoms with Gasteiger partial charge in [-0.15, -0.1) is 24.0 Å². The second kappa shape index (κ2) is 11.7. The molecular formula is C19H33IN4. The molecule has 1 atom stereocenters. The molecule has 1 saturated carbocycles. The summed E-state index contributed by atoms with van der Waals surface area (Å²) < 4.78 is 0. The van der Waals surface area contributed by atoms with Crippen molar-refractivity contribution in [1.29, 1.82) is 0 Å². The Balaban J connectivity index is 0.00000288. The fourth-order valence-electron chi connectivity index (χ4n) is 3.25. The summed E-state index contributed by atoms with van der Waals surface area (Å²) in [5.41, 5.74) is 1.36. The van der Waals surface area contributed by atoms with E-state index in [0.29, 0.717) is 5.92 Å². The Morgan fingerprint density at radius 2 is 1.88 bits per heavy atom. The van der Waals surface area contributed by atoms with Gasteiger partial charge in [-0.25, -0.2) is 0 Å². The summed E-state index contributed by atoms with van der Waals surface area (Å²) in [5, 5.41) is 6.86. The molecule has 4 nitrogen and oxygen atoms in total. The lowest BCUT2D eigenvalue weighted by Gasteiger charge is -2.24. The molecule has 1 aliphatic rings. The quantitative estimate of drug-likeness (QED) is 0.385. The summed E-state index contributed by atoms with van der Waals surface area (Å²) in [6.07, 6.45) is 5.50. The molecule has 0 amide bonds. The highest BCUT2D eigenvalue weighted by atomic mass is 127. The molecule has 0 saturated heterocycles. The van der Waals surface area contributed by atoms with Crippen molar-refractivity contribution >= 4 is 29.9 Å². The number of rotatable bonds is 7. The fourth-order valence-corrected chi connectivity index (χ4v) is 3.25. The second-order valence-electron chi connectivity index (χ2n) is 6.61. The third-order valence-corrected chi connectivity index (χ3v) is 4.87. The van der Waals surface area contributed by atoms with Gasteiger partial charge in [-0.1, -0.05) is 50.1 Å². The Morgan fingerprint density at radius 1 is 1.21 bits per heavy atom. The molecule has 1 fully saturated rings. The van der Waals surface area contributed by atoms with Crippen LogP contribution in [-0.2, 0) is 0 Å². The SMILES string of the molecule is CN=C(NCCN(C)C1CCCC1)NCC(C)c1ccccc1.I. The summed E-state index contributed by atoms with van der Waals surface area (Å²) in [7, 11) is 4.08. The van der Waals surface area contributed by atoms with Crippen molar-refractivity contribution in [3.8, 4) is 0 Å². The summed E-state index contributed by atoms with van der Waals surface area (Å²) in [4.78, 5) is 6.81. The van der Waals surface area contributed by atoms with Crippen LogP contribution in [-0.4, -0.2) is 50.6 Å². The fraction of sp³-hybridized carbons (Fsp3) is 0.632. The summed E-state index contributed by atoms with van der Waals surface area (Å²) in [6, 6.07) is 11.4. The van der Waals surface area contributed by atoms with Crippen molar-refractivity contribution < 1.29 is 0 Å². The van der Waals surface area contributed by atoms with Crippen molar-refractivity contribution in [2.24, 2.45) is 4.99 Å². The van der Waals surface area contributed by atoms with Gasteiger partial charge in [-0.2, -0.15) is 0 Å². The average Bonchev–Trinajstić information content (AvgIpc) is 3.13. The minimum atomic E-state index is 0. The van der Waals surface area contributed by atoms with Crippen LogP contribution >= 0.6 is 24.0 Å². The maximum Gasteiger partial charge on any atom is 0.191 e. The lowest BCUT2D eigenvalue weighted by molar-refractivity contribution is 0.249. The normalized spacial score (nSPS) is 16.8. The second-order valence-corrected chi connectivity index (χ2v) is 6.61. The smallest absolute Gasteiger partial charge is 0.191 e. The molecule has 0 aromatic heterocycles. The van der Waals surface area contributed by atoms with Crippen LogP contribution in [0.2, 0.25) is 0 Å². The van der Waals surface area contributed by atoms with E-state index in [9.17, 15) is 0 Å². The molecule has 1 aromatic carbocycles. The monoisotopic (exact) mass is 444 g/mol. The van der Waals surface area contributed by atoms with Gasteiger partial charge < -0.3 is 15.5 Å². The Labute approximate surface area is 164 Å². The van der Waals surface area contributed by atoms with Crippen LogP contribution in [0, 0.1) is 0 Å². The van der Waals surface area contributed by atoms with Crippen molar-refractivity contribution in [1.82, 2.24) is 15.5 Å². The number of nitrogens with zero attached hydrogens (tertiary/aromatic N) is 2. The highest BCUT2D eigenvalue weighted by molar-refractivity contribution is 14.0. The van der Waals surface area contributed by atoms with E-state index in [-0.39, 0.29) is 24.0 Å². The predicted octanol–water partition coefficient (Wildman–Crippen LogP) is 3.45. The number of aliphatic imine (C=N–C) groups is 1. The number of nitrogens with one attached hydrogen (secondary N) is 2. The third kappa shape index (κ3) is 6.97. The van der Waals surface area contributed by atoms with E-state index >= 15 is 0 Å². The van der Waals surface area contributed by atoms with Gasteiger partial charge in [0.2, 0.25) is 0 Å². The molecule has 5 heteroatoms. The first-order chi connectivity index (χ1) is 11.2. The van der Waals surface area contributed by atoms with Crippen LogP contribution in [0.1, 0.15) is 44.1 Å². The summed E-state index contributed by atoms with van der Waals surface area (Å²) in [5.74, 6) is 1.36. The number of halogens is 1. The van der Waals surface area contributed by atoms with Gasteiger partial charge >= 0.3 is 0 Å². The zero-order valence-corrected chi connectivity index (χ0v) is 17.6. The maximum absolute atomic E-state index is 4.32. The van der Waals surface area contributed by atoms with E-state index in [1.54, 1.807) is 0 Å². The predicted molar refractivity (Wildman–Crippen MR) is 115 cm³/mol. The minimum Gasteiger partial charge on any atom is -0.356 e. The van der Waals surface area contributed by atoms with E-state index < -0.39 is 0 Å². The van der Waals surface area contributed by atoms with E-state index in [0.717, 1.165) is 31.6 Å².